The molecular formula is C26H27F4N3O. The zero-order valence-electron chi connectivity index (χ0n) is 18.9. The molecule has 0 N–H and O–H groups in total. The van der Waals surface area contributed by atoms with Crippen LogP contribution in [0, 0.1) is 11.7 Å². The van der Waals surface area contributed by atoms with E-state index in [-0.39, 0.29) is 18.0 Å². The first-order valence-corrected chi connectivity index (χ1v) is 11.9. The molecule has 1 aromatic carbocycles. The van der Waals surface area contributed by atoms with Crippen LogP contribution >= 0.6 is 0 Å². The normalized spacial score (nSPS) is 17.2. The van der Waals surface area contributed by atoms with E-state index in [2.05, 4.69) is 4.98 Å². The Labute approximate surface area is 195 Å². The summed E-state index contributed by atoms with van der Waals surface area (Å²) < 4.78 is 55.5. The van der Waals surface area contributed by atoms with Crippen LogP contribution in [0.3, 0.4) is 0 Å². The molecule has 0 saturated heterocycles. The molecule has 0 spiro atoms. The number of aromatic nitrogens is 2. The fourth-order valence-electron chi connectivity index (χ4n) is 5.43. The summed E-state index contributed by atoms with van der Waals surface area (Å²) in [6.45, 7) is 1.08. The number of rotatable bonds is 4. The summed E-state index contributed by atoms with van der Waals surface area (Å²) in [5, 5.41) is 0.948. The Morgan fingerprint density at radius 1 is 1.12 bits per heavy atom. The molecule has 1 saturated carbocycles. The highest BCUT2D eigenvalue weighted by Gasteiger charge is 2.32. The monoisotopic (exact) mass is 473 g/mol. The van der Waals surface area contributed by atoms with Gasteiger partial charge in [0.25, 0.3) is 0 Å². The van der Waals surface area contributed by atoms with Crippen molar-refractivity contribution in [1.29, 1.82) is 0 Å². The van der Waals surface area contributed by atoms with Gasteiger partial charge in [-0.25, -0.2) is 9.37 Å². The lowest BCUT2D eigenvalue weighted by molar-refractivity contribution is -0.137. The van der Waals surface area contributed by atoms with Crippen molar-refractivity contribution >= 4 is 16.9 Å². The molecule has 34 heavy (non-hydrogen) atoms. The summed E-state index contributed by atoms with van der Waals surface area (Å²) in [5.74, 6) is -0.318. The second-order valence-corrected chi connectivity index (χ2v) is 9.46. The minimum absolute atomic E-state index is 0.0530. The fourth-order valence-corrected chi connectivity index (χ4v) is 5.43. The molecule has 0 bridgehead atoms. The van der Waals surface area contributed by atoms with Crippen LogP contribution in [-0.4, -0.2) is 26.9 Å². The largest absolute Gasteiger partial charge is 0.416 e. The lowest BCUT2D eigenvalue weighted by Crippen LogP contribution is -2.37. The molecule has 0 atom stereocenters. The number of amides is 1. The van der Waals surface area contributed by atoms with Gasteiger partial charge in [0.2, 0.25) is 5.91 Å². The molecule has 3 aromatic rings. The Balaban J connectivity index is 1.45. The van der Waals surface area contributed by atoms with Crippen molar-refractivity contribution in [2.45, 2.75) is 64.2 Å². The minimum atomic E-state index is -4.60. The maximum Gasteiger partial charge on any atom is 0.416 e. The van der Waals surface area contributed by atoms with Gasteiger partial charge in [-0.2, -0.15) is 13.2 Å². The van der Waals surface area contributed by atoms with Gasteiger partial charge >= 0.3 is 6.18 Å². The molecule has 1 amide bonds. The Morgan fingerprint density at radius 3 is 2.65 bits per heavy atom. The third kappa shape index (κ3) is 4.42. The highest BCUT2D eigenvalue weighted by atomic mass is 19.4. The van der Waals surface area contributed by atoms with Gasteiger partial charge in [-0.15, -0.1) is 0 Å². The molecule has 2 aliphatic rings. The number of carbonyl (C=O) groups excluding carboxylic acids is 1. The van der Waals surface area contributed by atoms with Crippen molar-refractivity contribution in [1.82, 2.24) is 14.5 Å². The Morgan fingerprint density at radius 2 is 1.91 bits per heavy atom. The van der Waals surface area contributed by atoms with E-state index < -0.39 is 17.6 Å². The first kappa shape index (κ1) is 22.9. The summed E-state index contributed by atoms with van der Waals surface area (Å²) in [6.07, 6.45) is 4.09. The first-order valence-electron chi connectivity index (χ1n) is 11.9. The topological polar surface area (TPSA) is 38.1 Å². The van der Waals surface area contributed by atoms with Crippen molar-refractivity contribution in [3.63, 3.8) is 0 Å². The fraction of sp³-hybridized carbons (Fsp3) is 0.462. The van der Waals surface area contributed by atoms with Gasteiger partial charge in [0.1, 0.15) is 11.5 Å². The number of hydrogen-bond acceptors (Lipinski definition) is 2. The van der Waals surface area contributed by atoms with Crippen LogP contribution in [-0.2, 0) is 30.5 Å². The molecular weight excluding hydrogens is 446 g/mol. The van der Waals surface area contributed by atoms with Crippen LogP contribution < -0.4 is 0 Å². The molecule has 8 heteroatoms. The van der Waals surface area contributed by atoms with Crippen LogP contribution in [0.2, 0.25) is 0 Å². The van der Waals surface area contributed by atoms with Gasteiger partial charge in [0, 0.05) is 35.8 Å². The summed E-state index contributed by atoms with van der Waals surface area (Å²) in [5.41, 5.74) is 1.77. The molecule has 180 valence electrons. The standard InChI is InChI=1S/C26H27F4N3O/c27-22-14-19(26(28,29)30)9-8-18(22)15-33-23-16-32(24(34)13-17-5-2-1-3-6-17)12-10-20(23)21-7-4-11-31-25(21)33/h4,7-9,11,14,17H,1-3,5-6,10,12-13,15-16H2. The Kier molecular flexibility index (Phi) is 6.08. The van der Waals surface area contributed by atoms with E-state index in [0.29, 0.717) is 43.6 Å². The van der Waals surface area contributed by atoms with Crippen LogP contribution in [0.15, 0.2) is 36.5 Å². The van der Waals surface area contributed by atoms with E-state index in [9.17, 15) is 22.4 Å². The molecule has 1 fully saturated rings. The molecule has 1 aliphatic heterocycles. The van der Waals surface area contributed by atoms with Crippen molar-refractivity contribution < 1.29 is 22.4 Å². The molecule has 5 rings (SSSR count). The lowest BCUT2D eigenvalue weighted by atomic mass is 9.86. The highest BCUT2D eigenvalue weighted by Crippen LogP contribution is 2.34. The number of fused-ring (bicyclic) bond motifs is 3. The second kappa shape index (κ2) is 9.04. The summed E-state index contributed by atoms with van der Waals surface area (Å²) >= 11 is 0. The lowest BCUT2D eigenvalue weighted by Gasteiger charge is -2.31. The quantitative estimate of drug-likeness (QED) is 0.430. The number of carbonyl (C=O) groups is 1. The van der Waals surface area contributed by atoms with E-state index in [0.717, 1.165) is 35.6 Å². The SMILES string of the molecule is O=C(CC1CCCCC1)N1CCc2c(n(Cc3ccc(C(F)(F)F)cc3F)c3ncccc23)C1. The summed E-state index contributed by atoms with van der Waals surface area (Å²) in [7, 11) is 0. The minimum Gasteiger partial charge on any atom is -0.337 e. The van der Waals surface area contributed by atoms with Crippen LogP contribution in [0.25, 0.3) is 11.0 Å². The molecule has 3 heterocycles. The van der Waals surface area contributed by atoms with E-state index >= 15 is 0 Å². The third-order valence-electron chi connectivity index (χ3n) is 7.26. The van der Waals surface area contributed by atoms with Crippen LogP contribution in [0.4, 0.5) is 17.6 Å². The highest BCUT2D eigenvalue weighted by molar-refractivity contribution is 5.84. The van der Waals surface area contributed by atoms with Crippen molar-refractivity contribution in [2.24, 2.45) is 5.92 Å². The maximum absolute atomic E-state index is 14.7. The van der Waals surface area contributed by atoms with Gasteiger partial charge in [-0.3, -0.25) is 4.79 Å². The first-order chi connectivity index (χ1) is 16.3. The molecule has 0 radical (unpaired) electrons. The number of benzene rings is 1. The predicted octanol–water partition coefficient (Wildman–Crippen LogP) is 6.10. The van der Waals surface area contributed by atoms with E-state index in [1.165, 1.54) is 25.3 Å². The zero-order chi connectivity index (χ0) is 23.9. The molecule has 1 aliphatic carbocycles. The van der Waals surface area contributed by atoms with Gasteiger partial charge in [-0.05, 0) is 55.0 Å². The zero-order valence-corrected chi connectivity index (χ0v) is 18.9. The van der Waals surface area contributed by atoms with Crippen LogP contribution in [0.5, 0.6) is 0 Å². The number of alkyl halides is 3. The average molecular weight is 474 g/mol. The summed E-state index contributed by atoms with van der Waals surface area (Å²) in [4.78, 5) is 19.4. The number of nitrogens with zero attached hydrogens (tertiary/aromatic N) is 3. The van der Waals surface area contributed by atoms with Crippen molar-refractivity contribution in [2.75, 3.05) is 6.54 Å². The molecule has 4 nitrogen and oxygen atoms in total. The Bertz CT molecular complexity index is 1210. The van der Waals surface area contributed by atoms with Gasteiger partial charge < -0.3 is 9.47 Å². The maximum atomic E-state index is 14.7. The van der Waals surface area contributed by atoms with E-state index in [4.69, 9.17) is 0 Å². The average Bonchev–Trinajstić information content (AvgIpc) is 3.13. The van der Waals surface area contributed by atoms with Gasteiger partial charge in [-0.1, -0.05) is 25.3 Å². The van der Waals surface area contributed by atoms with Gasteiger partial charge in [0.15, 0.2) is 0 Å². The third-order valence-corrected chi connectivity index (χ3v) is 7.26. The smallest absolute Gasteiger partial charge is 0.337 e. The predicted molar refractivity (Wildman–Crippen MR) is 121 cm³/mol. The molecule has 0 unspecified atom stereocenters. The number of pyridine rings is 1. The van der Waals surface area contributed by atoms with E-state index in [1.54, 1.807) is 6.20 Å². The summed E-state index contributed by atoms with van der Waals surface area (Å²) in [6, 6.07) is 6.44. The van der Waals surface area contributed by atoms with E-state index in [1.807, 2.05) is 21.6 Å². The Hall–Kier alpha value is -2.90. The molecule has 2 aromatic heterocycles. The number of halogens is 4. The second-order valence-electron chi connectivity index (χ2n) is 9.46. The number of hydrogen-bond donors (Lipinski definition) is 0. The van der Waals surface area contributed by atoms with Crippen LogP contribution in [0.1, 0.15) is 60.9 Å². The van der Waals surface area contributed by atoms with Crippen molar-refractivity contribution in [3.8, 4) is 0 Å². The van der Waals surface area contributed by atoms with Crippen molar-refractivity contribution in [3.05, 3.63) is 64.7 Å². The van der Waals surface area contributed by atoms with Gasteiger partial charge in [0.05, 0.1) is 18.7 Å².